The average Bonchev–Trinajstić information content (AvgIpc) is 3.24. The number of Topliss-reactive ketones (excluding diaryl/α,β-unsaturated/α-hetero) is 1. The minimum absolute atomic E-state index is 0.0263. The number of aromatic nitrogens is 1. The molecule has 1 aliphatic rings. The number of amides is 1. The monoisotopic (exact) mass is 354 g/mol. The van der Waals surface area contributed by atoms with E-state index in [0.29, 0.717) is 18.0 Å². The van der Waals surface area contributed by atoms with Gasteiger partial charge in [0.25, 0.3) is 0 Å². The minimum Gasteiger partial charge on any atom is -0.441 e. The third-order valence-corrected chi connectivity index (χ3v) is 4.08. The second kappa shape index (κ2) is 7.91. The zero-order valence-corrected chi connectivity index (χ0v) is 14.4. The Kier molecular flexibility index (Phi) is 5.41. The van der Waals surface area contributed by atoms with Crippen molar-refractivity contribution in [1.29, 1.82) is 0 Å². The van der Waals surface area contributed by atoms with Crippen LogP contribution in [0.4, 0.5) is 4.39 Å². The van der Waals surface area contributed by atoms with E-state index in [1.165, 1.54) is 6.07 Å². The molecule has 1 aromatic carbocycles. The molecule has 0 saturated heterocycles. The van der Waals surface area contributed by atoms with Crippen molar-refractivity contribution in [3.8, 4) is 11.5 Å². The number of aryl methyl sites for hydroxylation is 1. The van der Waals surface area contributed by atoms with Crippen molar-refractivity contribution < 1.29 is 18.4 Å². The first-order chi connectivity index (χ1) is 12.5. The van der Waals surface area contributed by atoms with Gasteiger partial charge in [-0.2, -0.15) is 0 Å². The smallest absolute Gasteiger partial charge is 0.229 e. The van der Waals surface area contributed by atoms with Crippen molar-refractivity contribution in [3.05, 3.63) is 65.3 Å². The van der Waals surface area contributed by atoms with Gasteiger partial charge in [-0.05, 0) is 31.1 Å². The second-order valence-corrected chi connectivity index (χ2v) is 6.13. The highest BCUT2D eigenvalue weighted by atomic mass is 19.1. The Labute approximate surface area is 150 Å². The van der Waals surface area contributed by atoms with Crippen LogP contribution in [0.5, 0.6) is 0 Å². The number of allylic oxidation sites excluding steroid dienone is 3. The molecule has 134 valence electrons. The molecule has 0 radical (unpaired) electrons. The van der Waals surface area contributed by atoms with Gasteiger partial charge in [0.1, 0.15) is 17.4 Å². The number of ketones is 1. The topological polar surface area (TPSA) is 72.2 Å². The molecule has 1 aromatic heterocycles. The average molecular weight is 354 g/mol. The Morgan fingerprint density at radius 1 is 1.31 bits per heavy atom. The van der Waals surface area contributed by atoms with Crippen LogP contribution in [0.3, 0.4) is 0 Å². The number of oxazole rings is 1. The van der Waals surface area contributed by atoms with Crippen molar-refractivity contribution in [2.45, 2.75) is 26.2 Å². The van der Waals surface area contributed by atoms with Crippen molar-refractivity contribution in [2.24, 2.45) is 0 Å². The molecule has 6 heteroatoms. The lowest BCUT2D eigenvalue weighted by molar-refractivity contribution is -0.127. The van der Waals surface area contributed by atoms with E-state index >= 15 is 0 Å². The van der Waals surface area contributed by atoms with E-state index in [0.717, 1.165) is 12.0 Å². The molecule has 0 aliphatic heterocycles. The third-order valence-electron chi connectivity index (χ3n) is 4.08. The highest BCUT2D eigenvalue weighted by molar-refractivity contribution is 5.98. The molecule has 1 heterocycles. The summed E-state index contributed by atoms with van der Waals surface area (Å²) in [6.45, 7) is 2.11. The van der Waals surface area contributed by atoms with Crippen LogP contribution in [0.15, 0.2) is 52.5 Å². The van der Waals surface area contributed by atoms with Gasteiger partial charge < -0.3 is 9.73 Å². The van der Waals surface area contributed by atoms with Gasteiger partial charge in [0, 0.05) is 6.54 Å². The first-order valence-corrected chi connectivity index (χ1v) is 8.37. The Balaban J connectivity index is 1.57. The molecule has 26 heavy (non-hydrogen) atoms. The van der Waals surface area contributed by atoms with Gasteiger partial charge in [-0.1, -0.05) is 30.4 Å². The van der Waals surface area contributed by atoms with E-state index in [1.807, 2.05) is 18.2 Å². The molecule has 0 saturated carbocycles. The largest absolute Gasteiger partial charge is 0.441 e. The molecule has 0 bridgehead atoms. The molecule has 3 rings (SSSR count). The maximum Gasteiger partial charge on any atom is 0.229 e. The predicted octanol–water partition coefficient (Wildman–Crippen LogP) is 3.29. The summed E-state index contributed by atoms with van der Waals surface area (Å²) in [4.78, 5) is 28.2. The fraction of sp³-hybridized carbons (Fsp3) is 0.250. The number of hydrogen-bond acceptors (Lipinski definition) is 4. The Morgan fingerprint density at radius 2 is 2.12 bits per heavy atom. The van der Waals surface area contributed by atoms with Gasteiger partial charge in [-0.25, -0.2) is 9.37 Å². The standard InChI is InChI=1S/C20H19FN2O3/c1-13-18(23-20(26-13)16-8-4-5-9-17(16)21)10-15(24)11-19(25)22-12-14-6-2-3-7-14/h2-6,8-9H,7,10-12H2,1H3,(H,22,25). The number of nitrogens with zero attached hydrogens (tertiary/aromatic N) is 1. The van der Waals surface area contributed by atoms with Gasteiger partial charge in [-0.15, -0.1) is 0 Å². The molecule has 1 N–H and O–H groups in total. The van der Waals surface area contributed by atoms with Crippen LogP contribution in [-0.2, 0) is 16.0 Å². The maximum absolute atomic E-state index is 13.8. The summed E-state index contributed by atoms with van der Waals surface area (Å²) < 4.78 is 19.3. The number of rotatable bonds is 7. The molecule has 0 unspecified atom stereocenters. The molecule has 0 atom stereocenters. The van der Waals surface area contributed by atoms with Gasteiger partial charge in [0.05, 0.1) is 24.1 Å². The van der Waals surface area contributed by atoms with Crippen molar-refractivity contribution in [2.75, 3.05) is 6.54 Å². The first-order valence-electron chi connectivity index (χ1n) is 8.37. The van der Waals surface area contributed by atoms with Gasteiger partial charge >= 0.3 is 0 Å². The van der Waals surface area contributed by atoms with Gasteiger partial charge in [0.15, 0.2) is 0 Å². The summed E-state index contributed by atoms with van der Waals surface area (Å²) in [5.74, 6) is -0.454. The molecular weight excluding hydrogens is 335 g/mol. The Morgan fingerprint density at radius 3 is 2.85 bits per heavy atom. The van der Waals surface area contributed by atoms with Crippen LogP contribution in [-0.4, -0.2) is 23.2 Å². The van der Waals surface area contributed by atoms with Crippen molar-refractivity contribution in [3.63, 3.8) is 0 Å². The normalized spacial score (nSPS) is 12.9. The summed E-state index contributed by atoms with van der Waals surface area (Å²) in [5.41, 5.74) is 1.77. The Bertz CT molecular complexity index is 896. The highest BCUT2D eigenvalue weighted by Crippen LogP contribution is 2.24. The highest BCUT2D eigenvalue weighted by Gasteiger charge is 2.18. The molecule has 5 nitrogen and oxygen atoms in total. The zero-order valence-electron chi connectivity index (χ0n) is 14.4. The fourth-order valence-corrected chi connectivity index (χ4v) is 2.67. The second-order valence-electron chi connectivity index (χ2n) is 6.13. The summed E-state index contributed by atoms with van der Waals surface area (Å²) in [6, 6.07) is 6.14. The van der Waals surface area contributed by atoms with Crippen LogP contribution < -0.4 is 5.32 Å². The van der Waals surface area contributed by atoms with E-state index < -0.39 is 5.82 Å². The van der Waals surface area contributed by atoms with Crippen molar-refractivity contribution in [1.82, 2.24) is 10.3 Å². The lowest BCUT2D eigenvalue weighted by Gasteiger charge is -2.05. The van der Waals surface area contributed by atoms with Crippen LogP contribution in [0.1, 0.15) is 24.3 Å². The SMILES string of the molecule is Cc1oc(-c2ccccc2F)nc1CC(=O)CC(=O)NCC1=CC=CC1. The van der Waals surface area contributed by atoms with Crippen LogP contribution in [0.2, 0.25) is 0 Å². The molecule has 0 fully saturated rings. The maximum atomic E-state index is 13.8. The molecule has 0 spiro atoms. The number of benzene rings is 1. The molecule has 2 aromatic rings. The zero-order chi connectivity index (χ0) is 18.5. The van der Waals surface area contributed by atoms with E-state index in [2.05, 4.69) is 10.3 Å². The number of halogens is 1. The minimum atomic E-state index is -0.443. The van der Waals surface area contributed by atoms with E-state index in [1.54, 1.807) is 25.1 Å². The van der Waals surface area contributed by atoms with Gasteiger partial charge in [0.2, 0.25) is 11.8 Å². The fourth-order valence-electron chi connectivity index (χ4n) is 2.67. The Hall–Kier alpha value is -3.02. The van der Waals surface area contributed by atoms with Crippen LogP contribution in [0.25, 0.3) is 11.5 Å². The quantitative estimate of drug-likeness (QED) is 0.775. The summed E-state index contributed by atoms with van der Waals surface area (Å²) >= 11 is 0. The van der Waals surface area contributed by atoms with E-state index in [-0.39, 0.29) is 36.0 Å². The lowest BCUT2D eigenvalue weighted by atomic mass is 10.1. The molecule has 1 amide bonds. The van der Waals surface area contributed by atoms with Crippen LogP contribution in [0, 0.1) is 12.7 Å². The number of carbonyl (C=O) groups is 2. The summed E-state index contributed by atoms with van der Waals surface area (Å²) in [6.07, 6.45) is 6.47. The van der Waals surface area contributed by atoms with Gasteiger partial charge in [-0.3, -0.25) is 9.59 Å². The molecular formula is C20H19FN2O3. The first kappa shape index (κ1) is 17.8. The lowest BCUT2D eigenvalue weighted by Crippen LogP contribution is -2.28. The van der Waals surface area contributed by atoms with Crippen LogP contribution >= 0.6 is 0 Å². The third kappa shape index (κ3) is 4.33. The van der Waals surface area contributed by atoms with Crippen molar-refractivity contribution >= 4 is 11.7 Å². The molecule has 1 aliphatic carbocycles. The van der Waals surface area contributed by atoms with E-state index in [9.17, 15) is 14.0 Å². The number of hydrogen-bond donors (Lipinski definition) is 1. The summed E-state index contributed by atoms with van der Waals surface area (Å²) in [5, 5.41) is 2.73. The number of nitrogens with one attached hydrogen (secondary N) is 1. The predicted molar refractivity (Wildman–Crippen MR) is 94.8 cm³/mol. The summed E-state index contributed by atoms with van der Waals surface area (Å²) in [7, 11) is 0. The number of carbonyl (C=O) groups excluding carboxylic acids is 2. The van der Waals surface area contributed by atoms with E-state index in [4.69, 9.17) is 4.42 Å².